The Morgan fingerprint density at radius 2 is 1.62 bits per heavy atom. The van der Waals surface area contributed by atoms with E-state index in [0.717, 1.165) is 0 Å². The van der Waals surface area contributed by atoms with E-state index >= 15 is 0 Å². The third-order valence-electron chi connectivity index (χ3n) is 3.27. The van der Waals surface area contributed by atoms with Gasteiger partial charge in [0.2, 0.25) is 5.91 Å². The van der Waals surface area contributed by atoms with Crippen LogP contribution in [0.2, 0.25) is 0 Å². The van der Waals surface area contributed by atoms with Crippen molar-refractivity contribution >= 4 is 12.0 Å². The minimum absolute atomic E-state index is 0.177. The second-order valence-corrected chi connectivity index (χ2v) is 7.26. The van der Waals surface area contributed by atoms with E-state index in [1.165, 1.54) is 0 Å². The Morgan fingerprint density at radius 1 is 1.10 bits per heavy atom. The van der Waals surface area contributed by atoms with Crippen LogP contribution < -0.4 is 16.4 Å². The number of nitrogens with one attached hydrogen (secondary N) is 2. The zero-order valence-corrected chi connectivity index (χ0v) is 14.4. The van der Waals surface area contributed by atoms with E-state index in [9.17, 15) is 9.59 Å². The molecule has 0 rings (SSSR count). The lowest BCUT2D eigenvalue weighted by Gasteiger charge is -2.28. The molecular formula is C15H31N3O3. The van der Waals surface area contributed by atoms with Gasteiger partial charge in [0.15, 0.2) is 0 Å². The highest BCUT2D eigenvalue weighted by Crippen LogP contribution is 2.12. The molecule has 0 aromatic rings. The Kier molecular flexibility index (Phi) is 7.16. The van der Waals surface area contributed by atoms with Crippen molar-refractivity contribution in [3.63, 3.8) is 0 Å². The molecule has 4 N–H and O–H groups in total. The van der Waals surface area contributed by atoms with Gasteiger partial charge in [-0.25, -0.2) is 4.79 Å². The van der Waals surface area contributed by atoms with Gasteiger partial charge in [0, 0.05) is 13.1 Å². The fourth-order valence-electron chi connectivity index (χ4n) is 1.55. The van der Waals surface area contributed by atoms with Gasteiger partial charge in [-0.2, -0.15) is 0 Å². The number of alkyl carbamates (subject to hydrolysis) is 1. The summed E-state index contributed by atoms with van der Waals surface area (Å²) < 4.78 is 5.21. The third kappa shape index (κ3) is 8.55. The van der Waals surface area contributed by atoms with E-state index in [0.29, 0.717) is 19.0 Å². The summed E-state index contributed by atoms with van der Waals surface area (Å²) in [6.45, 7) is 14.2. The Balaban J connectivity index is 4.39. The van der Waals surface area contributed by atoms with Gasteiger partial charge >= 0.3 is 6.09 Å². The van der Waals surface area contributed by atoms with Crippen LogP contribution in [0.15, 0.2) is 0 Å². The first-order chi connectivity index (χ1) is 9.35. The minimum atomic E-state index is -0.765. The first-order valence-corrected chi connectivity index (χ1v) is 7.37. The molecule has 0 fully saturated rings. The van der Waals surface area contributed by atoms with Gasteiger partial charge in [-0.05, 0) is 46.5 Å². The molecule has 124 valence electrons. The molecule has 6 nitrogen and oxygen atoms in total. The minimum Gasteiger partial charge on any atom is -0.444 e. The summed E-state index contributed by atoms with van der Waals surface area (Å²) in [6.07, 6.45) is -0.428. The molecule has 6 heteroatoms. The van der Waals surface area contributed by atoms with Crippen molar-refractivity contribution in [2.75, 3.05) is 13.1 Å². The van der Waals surface area contributed by atoms with Gasteiger partial charge in [-0.3, -0.25) is 4.79 Å². The highest BCUT2D eigenvalue weighted by Gasteiger charge is 2.26. The molecule has 0 saturated carbocycles. The zero-order valence-electron chi connectivity index (χ0n) is 14.4. The SMILES string of the molecule is CC(C)C(CNC(=O)OC(C)(C)C)CNC(C)(C)C(N)=O. The number of rotatable bonds is 7. The maximum absolute atomic E-state index is 11.7. The average molecular weight is 301 g/mol. The van der Waals surface area contributed by atoms with Crippen LogP contribution in [0.4, 0.5) is 4.79 Å². The molecule has 21 heavy (non-hydrogen) atoms. The van der Waals surface area contributed by atoms with Crippen LogP contribution in [0.5, 0.6) is 0 Å². The number of carbonyl (C=O) groups is 2. The van der Waals surface area contributed by atoms with Gasteiger partial charge < -0.3 is 21.1 Å². The summed E-state index contributed by atoms with van der Waals surface area (Å²) in [5.41, 5.74) is 4.06. The number of primary amides is 1. The number of nitrogens with two attached hydrogens (primary N) is 1. The predicted octanol–water partition coefficient (Wildman–Crippen LogP) is 1.64. The van der Waals surface area contributed by atoms with Crippen molar-refractivity contribution in [1.29, 1.82) is 0 Å². The van der Waals surface area contributed by atoms with E-state index in [2.05, 4.69) is 24.5 Å². The monoisotopic (exact) mass is 301 g/mol. The number of hydrogen-bond donors (Lipinski definition) is 3. The van der Waals surface area contributed by atoms with Gasteiger partial charge in [-0.15, -0.1) is 0 Å². The van der Waals surface area contributed by atoms with Crippen LogP contribution in [-0.2, 0) is 9.53 Å². The lowest BCUT2D eigenvalue weighted by molar-refractivity contribution is -0.123. The molecule has 0 bridgehead atoms. The molecule has 0 aliphatic carbocycles. The highest BCUT2D eigenvalue weighted by molar-refractivity contribution is 5.83. The largest absolute Gasteiger partial charge is 0.444 e. The molecule has 0 aliphatic heterocycles. The van der Waals surface area contributed by atoms with Crippen molar-refractivity contribution in [3.05, 3.63) is 0 Å². The number of hydrogen-bond acceptors (Lipinski definition) is 4. The fraction of sp³-hybridized carbons (Fsp3) is 0.867. The smallest absolute Gasteiger partial charge is 0.407 e. The van der Waals surface area contributed by atoms with E-state index < -0.39 is 23.1 Å². The summed E-state index contributed by atoms with van der Waals surface area (Å²) in [5.74, 6) is 0.123. The molecule has 0 radical (unpaired) electrons. The first-order valence-electron chi connectivity index (χ1n) is 7.37. The second-order valence-electron chi connectivity index (χ2n) is 7.26. The van der Waals surface area contributed by atoms with Gasteiger partial charge in [-0.1, -0.05) is 13.8 Å². The Labute approximate surface area is 128 Å². The lowest BCUT2D eigenvalue weighted by atomic mass is 9.94. The molecular weight excluding hydrogens is 270 g/mol. The van der Waals surface area contributed by atoms with Crippen LogP contribution in [0.25, 0.3) is 0 Å². The lowest BCUT2D eigenvalue weighted by Crippen LogP contribution is -2.53. The predicted molar refractivity (Wildman–Crippen MR) is 83.8 cm³/mol. The van der Waals surface area contributed by atoms with Crippen LogP contribution in [0.3, 0.4) is 0 Å². The summed E-state index contributed by atoms with van der Waals surface area (Å²) in [6, 6.07) is 0. The van der Waals surface area contributed by atoms with Crippen molar-refractivity contribution in [2.24, 2.45) is 17.6 Å². The van der Waals surface area contributed by atoms with Crippen molar-refractivity contribution in [2.45, 2.75) is 59.6 Å². The van der Waals surface area contributed by atoms with Crippen molar-refractivity contribution < 1.29 is 14.3 Å². The second kappa shape index (κ2) is 7.64. The summed E-state index contributed by atoms with van der Waals surface area (Å²) in [4.78, 5) is 23.0. The Morgan fingerprint density at radius 3 is 2.00 bits per heavy atom. The topological polar surface area (TPSA) is 93.4 Å². The van der Waals surface area contributed by atoms with Crippen LogP contribution in [0, 0.1) is 11.8 Å². The van der Waals surface area contributed by atoms with E-state index in [4.69, 9.17) is 10.5 Å². The van der Waals surface area contributed by atoms with Crippen LogP contribution >= 0.6 is 0 Å². The Bertz CT molecular complexity index is 360. The van der Waals surface area contributed by atoms with Gasteiger partial charge in [0.1, 0.15) is 5.60 Å². The maximum atomic E-state index is 11.7. The normalized spacial score (nSPS) is 13.9. The average Bonchev–Trinajstić information content (AvgIpc) is 2.25. The standard InChI is InChI=1S/C15H31N3O3/c1-10(2)11(9-18-15(6,7)12(16)19)8-17-13(20)21-14(3,4)5/h10-11,18H,8-9H2,1-7H3,(H2,16,19)(H,17,20). The Hall–Kier alpha value is -1.30. The van der Waals surface area contributed by atoms with E-state index in [1.807, 2.05) is 20.8 Å². The van der Waals surface area contributed by atoms with Crippen molar-refractivity contribution in [1.82, 2.24) is 10.6 Å². The molecule has 0 aliphatic rings. The maximum Gasteiger partial charge on any atom is 0.407 e. The van der Waals surface area contributed by atoms with Gasteiger partial charge in [0.25, 0.3) is 0 Å². The highest BCUT2D eigenvalue weighted by atomic mass is 16.6. The van der Waals surface area contributed by atoms with Crippen LogP contribution in [0.1, 0.15) is 48.5 Å². The molecule has 0 heterocycles. The molecule has 2 amide bonds. The first kappa shape index (κ1) is 19.7. The molecule has 0 aromatic carbocycles. The quantitative estimate of drug-likeness (QED) is 0.666. The number of amides is 2. The molecule has 1 atom stereocenters. The van der Waals surface area contributed by atoms with Crippen LogP contribution in [-0.4, -0.2) is 36.2 Å². The number of ether oxygens (including phenoxy) is 1. The van der Waals surface area contributed by atoms with E-state index in [1.54, 1.807) is 13.8 Å². The number of carbonyl (C=O) groups excluding carboxylic acids is 2. The zero-order chi connectivity index (χ0) is 16.8. The molecule has 0 saturated heterocycles. The summed E-state index contributed by atoms with van der Waals surface area (Å²) in [5, 5.41) is 5.91. The summed E-state index contributed by atoms with van der Waals surface area (Å²) in [7, 11) is 0. The molecule has 1 unspecified atom stereocenters. The summed E-state index contributed by atoms with van der Waals surface area (Å²) >= 11 is 0. The third-order valence-corrected chi connectivity index (χ3v) is 3.27. The molecule has 0 aromatic heterocycles. The fourth-order valence-corrected chi connectivity index (χ4v) is 1.55. The van der Waals surface area contributed by atoms with Gasteiger partial charge in [0.05, 0.1) is 5.54 Å². The molecule has 0 spiro atoms. The van der Waals surface area contributed by atoms with E-state index in [-0.39, 0.29) is 5.92 Å². The van der Waals surface area contributed by atoms with Crippen molar-refractivity contribution in [3.8, 4) is 0 Å².